The summed E-state index contributed by atoms with van der Waals surface area (Å²) in [6.45, 7) is -0.0695. The van der Waals surface area contributed by atoms with E-state index in [0.717, 1.165) is 12.8 Å². The zero-order valence-electron chi connectivity index (χ0n) is 14.2. The van der Waals surface area contributed by atoms with Crippen molar-refractivity contribution >= 4 is 11.6 Å². The number of rotatable bonds is 6. The number of Topliss-reactive ketones (excluding diaryl/α,β-unsaturated/α-hetero) is 2. The number of aliphatic hydroxyl groups is 1. The molecule has 1 saturated heterocycles. The highest BCUT2D eigenvalue weighted by molar-refractivity contribution is 6.06. The van der Waals surface area contributed by atoms with Crippen molar-refractivity contribution in [2.75, 3.05) is 13.7 Å². The molecule has 3 rings (SSSR count). The molecular formula is C17H25F2NO5. The van der Waals surface area contributed by atoms with Crippen LogP contribution in [0.3, 0.4) is 0 Å². The van der Waals surface area contributed by atoms with Crippen LogP contribution in [0.1, 0.15) is 32.1 Å². The van der Waals surface area contributed by atoms with Gasteiger partial charge in [0, 0.05) is 17.9 Å². The van der Waals surface area contributed by atoms with Crippen LogP contribution in [-0.2, 0) is 19.4 Å². The molecule has 0 aromatic heterocycles. The number of fused-ring (bicyclic) bond motifs is 2. The highest BCUT2D eigenvalue weighted by atomic mass is 19.3. The van der Waals surface area contributed by atoms with Gasteiger partial charge in [0.05, 0.1) is 25.9 Å². The standard InChI is InChI=1S/C17H25F2NO5/c1-24-25-7-12-10(4-5-11(20-12)17(18)19)16(23)13-14(21)8-2-3-9(6-8)15(13)22/h8-14,17,20-21H,2-7H2,1H3. The van der Waals surface area contributed by atoms with Gasteiger partial charge in [-0.15, -0.1) is 0 Å². The average molecular weight is 361 g/mol. The van der Waals surface area contributed by atoms with Crippen LogP contribution >= 0.6 is 0 Å². The van der Waals surface area contributed by atoms with E-state index in [0.29, 0.717) is 6.42 Å². The van der Waals surface area contributed by atoms with E-state index in [9.17, 15) is 23.5 Å². The molecule has 6 nitrogen and oxygen atoms in total. The lowest BCUT2D eigenvalue weighted by atomic mass is 9.70. The topological polar surface area (TPSA) is 84.9 Å². The third-order valence-corrected chi connectivity index (χ3v) is 6.05. The second kappa shape index (κ2) is 7.73. The molecule has 2 saturated carbocycles. The van der Waals surface area contributed by atoms with Crippen molar-refractivity contribution in [1.29, 1.82) is 0 Å². The molecule has 1 aliphatic heterocycles. The number of carbonyl (C=O) groups excluding carboxylic acids is 2. The lowest BCUT2D eigenvalue weighted by molar-refractivity contribution is -0.279. The number of hydrogen-bond acceptors (Lipinski definition) is 6. The fourth-order valence-corrected chi connectivity index (χ4v) is 4.70. The average Bonchev–Trinajstić information content (AvgIpc) is 3.05. The van der Waals surface area contributed by atoms with Gasteiger partial charge in [-0.3, -0.25) is 9.59 Å². The van der Waals surface area contributed by atoms with Crippen molar-refractivity contribution < 1.29 is 33.3 Å². The van der Waals surface area contributed by atoms with Crippen LogP contribution in [0.4, 0.5) is 8.78 Å². The maximum absolute atomic E-state index is 13.0. The fraction of sp³-hybridized carbons (Fsp3) is 0.882. The molecule has 2 bridgehead atoms. The first-order chi connectivity index (χ1) is 11.9. The highest BCUT2D eigenvalue weighted by Gasteiger charge is 2.52. The largest absolute Gasteiger partial charge is 0.392 e. The SMILES string of the molecule is COOCC1NC(C(F)F)CCC1C(=O)C1C(=O)C2CCC(C2)C1O. The number of alkyl halides is 2. The molecule has 0 aromatic rings. The van der Waals surface area contributed by atoms with Crippen molar-refractivity contribution in [1.82, 2.24) is 5.32 Å². The third kappa shape index (κ3) is 3.63. The number of carbonyl (C=O) groups is 2. The molecule has 142 valence electrons. The molecular weight excluding hydrogens is 336 g/mol. The summed E-state index contributed by atoms with van der Waals surface area (Å²) in [5, 5.41) is 13.2. The van der Waals surface area contributed by atoms with Crippen LogP contribution in [0.15, 0.2) is 0 Å². The van der Waals surface area contributed by atoms with E-state index in [2.05, 4.69) is 10.2 Å². The van der Waals surface area contributed by atoms with Crippen LogP contribution in [0.25, 0.3) is 0 Å². The van der Waals surface area contributed by atoms with Gasteiger partial charge < -0.3 is 10.4 Å². The Morgan fingerprint density at radius 3 is 2.76 bits per heavy atom. The summed E-state index contributed by atoms with van der Waals surface area (Å²) in [5.74, 6) is -2.39. The summed E-state index contributed by atoms with van der Waals surface area (Å²) in [7, 11) is 1.30. The smallest absolute Gasteiger partial charge is 0.253 e. The molecule has 7 atom stereocenters. The Morgan fingerprint density at radius 1 is 1.32 bits per heavy atom. The fourth-order valence-electron chi connectivity index (χ4n) is 4.70. The molecule has 3 aliphatic rings. The van der Waals surface area contributed by atoms with Crippen LogP contribution < -0.4 is 5.32 Å². The normalized spacial score (nSPS) is 41.3. The van der Waals surface area contributed by atoms with Crippen molar-refractivity contribution in [2.45, 2.75) is 56.7 Å². The number of nitrogens with one attached hydrogen (secondary N) is 1. The molecule has 0 amide bonds. The Labute approximate surface area is 145 Å². The third-order valence-electron chi connectivity index (χ3n) is 6.05. The Hall–Kier alpha value is -0.960. The minimum atomic E-state index is -2.54. The molecule has 0 aromatic carbocycles. The van der Waals surface area contributed by atoms with Gasteiger partial charge in [-0.05, 0) is 38.0 Å². The number of aliphatic hydroxyl groups excluding tert-OH is 1. The lowest BCUT2D eigenvalue weighted by Crippen LogP contribution is -2.57. The summed E-state index contributed by atoms with van der Waals surface area (Å²) >= 11 is 0. The maximum atomic E-state index is 13.0. The van der Waals surface area contributed by atoms with E-state index < -0.39 is 36.4 Å². The number of piperidine rings is 1. The lowest BCUT2D eigenvalue weighted by Gasteiger charge is -2.39. The van der Waals surface area contributed by atoms with Gasteiger partial charge >= 0.3 is 0 Å². The van der Waals surface area contributed by atoms with Crippen LogP contribution in [-0.4, -0.2) is 55.0 Å². The summed E-state index contributed by atoms with van der Waals surface area (Å²) < 4.78 is 26.0. The molecule has 25 heavy (non-hydrogen) atoms. The quantitative estimate of drug-likeness (QED) is 0.419. The second-order valence-electron chi connectivity index (χ2n) is 7.39. The molecule has 2 aliphatic carbocycles. The first-order valence-corrected chi connectivity index (χ1v) is 8.89. The minimum Gasteiger partial charge on any atom is -0.392 e. The summed E-state index contributed by atoms with van der Waals surface area (Å²) in [5.41, 5.74) is 0. The predicted octanol–water partition coefficient (Wildman–Crippen LogP) is 1.11. The second-order valence-corrected chi connectivity index (χ2v) is 7.39. The number of halogens is 2. The van der Waals surface area contributed by atoms with Gasteiger partial charge in [0.25, 0.3) is 6.43 Å². The maximum Gasteiger partial charge on any atom is 0.253 e. The van der Waals surface area contributed by atoms with E-state index in [1.54, 1.807) is 0 Å². The Kier molecular flexibility index (Phi) is 5.82. The monoisotopic (exact) mass is 361 g/mol. The minimum absolute atomic E-state index is 0.0179. The predicted molar refractivity (Wildman–Crippen MR) is 82.7 cm³/mol. The van der Waals surface area contributed by atoms with Crippen LogP contribution in [0.2, 0.25) is 0 Å². The first-order valence-electron chi connectivity index (χ1n) is 8.89. The van der Waals surface area contributed by atoms with Gasteiger partial charge in [0.1, 0.15) is 11.7 Å². The summed E-state index contributed by atoms with van der Waals surface area (Å²) in [6, 6.07) is -1.68. The molecule has 2 N–H and O–H groups in total. The molecule has 0 radical (unpaired) electrons. The van der Waals surface area contributed by atoms with E-state index in [-0.39, 0.29) is 42.9 Å². The number of hydrogen-bond donors (Lipinski definition) is 2. The van der Waals surface area contributed by atoms with Gasteiger partial charge in [-0.2, -0.15) is 0 Å². The molecule has 3 fully saturated rings. The molecule has 1 heterocycles. The van der Waals surface area contributed by atoms with Gasteiger partial charge in [0.2, 0.25) is 0 Å². The Bertz CT molecular complexity index is 517. The van der Waals surface area contributed by atoms with Gasteiger partial charge in [-0.1, -0.05) is 0 Å². The summed E-state index contributed by atoms with van der Waals surface area (Å²) in [6.07, 6.45) is -0.998. The Morgan fingerprint density at radius 2 is 2.08 bits per heavy atom. The van der Waals surface area contributed by atoms with E-state index in [1.807, 2.05) is 0 Å². The highest BCUT2D eigenvalue weighted by Crippen LogP contribution is 2.44. The first kappa shape index (κ1) is 18.8. The van der Waals surface area contributed by atoms with Crippen LogP contribution in [0.5, 0.6) is 0 Å². The van der Waals surface area contributed by atoms with Crippen molar-refractivity contribution in [3.63, 3.8) is 0 Å². The van der Waals surface area contributed by atoms with E-state index in [1.165, 1.54) is 7.11 Å². The van der Waals surface area contributed by atoms with Crippen molar-refractivity contribution in [2.24, 2.45) is 23.7 Å². The zero-order chi connectivity index (χ0) is 18.1. The molecule has 8 heteroatoms. The summed E-state index contributed by atoms with van der Waals surface area (Å²) in [4.78, 5) is 35.0. The van der Waals surface area contributed by atoms with Gasteiger partial charge in [0.15, 0.2) is 5.78 Å². The molecule has 0 spiro atoms. The van der Waals surface area contributed by atoms with E-state index >= 15 is 0 Å². The zero-order valence-corrected chi connectivity index (χ0v) is 14.2. The van der Waals surface area contributed by atoms with Crippen molar-refractivity contribution in [3.05, 3.63) is 0 Å². The van der Waals surface area contributed by atoms with E-state index in [4.69, 9.17) is 4.89 Å². The Balaban J connectivity index is 1.75. The van der Waals surface area contributed by atoms with Gasteiger partial charge in [-0.25, -0.2) is 18.6 Å². The van der Waals surface area contributed by atoms with Crippen LogP contribution in [0, 0.1) is 23.7 Å². The number of ketones is 2. The van der Waals surface area contributed by atoms with Crippen molar-refractivity contribution in [3.8, 4) is 0 Å². The molecule has 7 unspecified atom stereocenters.